The van der Waals surface area contributed by atoms with Crippen LogP contribution in [0.3, 0.4) is 0 Å². The first kappa shape index (κ1) is 15.3. The van der Waals surface area contributed by atoms with Crippen molar-refractivity contribution < 1.29 is 4.79 Å². The molecule has 2 heteroatoms. The number of carbonyl (C=O) groups is 1. The van der Waals surface area contributed by atoms with Crippen LogP contribution >= 0.6 is 0 Å². The first-order valence-electron chi connectivity index (χ1n) is 7.57. The van der Waals surface area contributed by atoms with Gasteiger partial charge in [0.25, 0.3) is 0 Å². The number of hydrogen-bond donors (Lipinski definition) is 0. The van der Waals surface area contributed by atoms with Crippen molar-refractivity contribution in [3.63, 3.8) is 0 Å². The number of nitrogens with zero attached hydrogens (tertiary/aromatic N) is 1. The molecule has 0 unspecified atom stereocenters. The SMILES string of the molecule is CCCC[C@]1(C)CCC/C1=C\C(=O)N(CC)CC. The second kappa shape index (κ2) is 6.96. The molecule has 18 heavy (non-hydrogen) atoms. The summed E-state index contributed by atoms with van der Waals surface area (Å²) in [5, 5.41) is 0. The Morgan fingerprint density at radius 3 is 2.56 bits per heavy atom. The predicted molar refractivity (Wildman–Crippen MR) is 77.5 cm³/mol. The monoisotopic (exact) mass is 251 g/mol. The van der Waals surface area contributed by atoms with E-state index in [1.165, 1.54) is 37.7 Å². The molecule has 0 N–H and O–H groups in total. The molecule has 0 saturated heterocycles. The van der Waals surface area contributed by atoms with Gasteiger partial charge in [0.05, 0.1) is 0 Å². The van der Waals surface area contributed by atoms with Gasteiger partial charge in [-0.1, -0.05) is 32.3 Å². The molecule has 1 fully saturated rings. The molecular formula is C16H29NO. The summed E-state index contributed by atoms with van der Waals surface area (Å²) in [6.45, 7) is 10.3. The minimum absolute atomic E-state index is 0.208. The average molecular weight is 251 g/mol. The lowest BCUT2D eigenvalue weighted by molar-refractivity contribution is -0.125. The highest BCUT2D eigenvalue weighted by atomic mass is 16.2. The van der Waals surface area contributed by atoms with Gasteiger partial charge in [-0.05, 0) is 44.9 Å². The second-order valence-corrected chi connectivity index (χ2v) is 5.70. The second-order valence-electron chi connectivity index (χ2n) is 5.70. The number of carbonyl (C=O) groups excluding carboxylic acids is 1. The molecule has 0 aromatic rings. The van der Waals surface area contributed by atoms with Crippen LogP contribution in [-0.2, 0) is 4.79 Å². The summed E-state index contributed by atoms with van der Waals surface area (Å²) in [6.07, 6.45) is 9.31. The van der Waals surface area contributed by atoms with Crippen LogP contribution in [0.2, 0.25) is 0 Å². The minimum atomic E-state index is 0.208. The van der Waals surface area contributed by atoms with E-state index in [9.17, 15) is 4.79 Å². The van der Waals surface area contributed by atoms with Crippen molar-refractivity contribution >= 4 is 5.91 Å². The third kappa shape index (κ3) is 3.60. The first-order valence-corrected chi connectivity index (χ1v) is 7.57. The minimum Gasteiger partial charge on any atom is -0.340 e. The van der Waals surface area contributed by atoms with Gasteiger partial charge in [0.15, 0.2) is 0 Å². The molecule has 1 aliphatic carbocycles. The van der Waals surface area contributed by atoms with Gasteiger partial charge in [0, 0.05) is 19.2 Å². The fourth-order valence-electron chi connectivity index (χ4n) is 3.01. The van der Waals surface area contributed by atoms with E-state index in [1.54, 1.807) is 0 Å². The van der Waals surface area contributed by atoms with Gasteiger partial charge < -0.3 is 4.90 Å². The van der Waals surface area contributed by atoms with Crippen molar-refractivity contribution in [2.75, 3.05) is 13.1 Å². The van der Waals surface area contributed by atoms with Gasteiger partial charge >= 0.3 is 0 Å². The summed E-state index contributed by atoms with van der Waals surface area (Å²) >= 11 is 0. The molecule has 1 aliphatic rings. The third-order valence-electron chi connectivity index (χ3n) is 4.40. The molecular weight excluding hydrogens is 222 g/mol. The molecule has 1 amide bonds. The molecule has 2 nitrogen and oxygen atoms in total. The molecule has 1 atom stereocenters. The lowest BCUT2D eigenvalue weighted by Crippen LogP contribution is -2.29. The summed E-state index contributed by atoms with van der Waals surface area (Å²) in [5.41, 5.74) is 1.69. The summed E-state index contributed by atoms with van der Waals surface area (Å²) in [4.78, 5) is 14.1. The van der Waals surface area contributed by atoms with Crippen LogP contribution in [0.15, 0.2) is 11.6 Å². The van der Waals surface area contributed by atoms with Gasteiger partial charge in [0.1, 0.15) is 0 Å². The lowest BCUT2D eigenvalue weighted by Gasteiger charge is -2.27. The number of rotatable bonds is 6. The standard InChI is InChI=1S/C16H29NO/c1-5-8-11-16(4)12-9-10-14(16)13-15(18)17(6-2)7-3/h13H,5-12H2,1-4H3/b14-13+/t16-/m1/s1. The van der Waals surface area contributed by atoms with Crippen molar-refractivity contribution in [1.82, 2.24) is 4.90 Å². The Kier molecular flexibility index (Phi) is 5.90. The van der Waals surface area contributed by atoms with Crippen LogP contribution in [0.5, 0.6) is 0 Å². The molecule has 1 saturated carbocycles. The van der Waals surface area contributed by atoms with Gasteiger partial charge in [-0.15, -0.1) is 0 Å². The Hall–Kier alpha value is -0.790. The van der Waals surface area contributed by atoms with Crippen molar-refractivity contribution in [2.24, 2.45) is 5.41 Å². The Bertz CT molecular complexity index is 304. The smallest absolute Gasteiger partial charge is 0.246 e. The van der Waals surface area contributed by atoms with Crippen LogP contribution in [0.25, 0.3) is 0 Å². The van der Waals surface area contributed by atoms with E-state index >= 15 is 0 Å². The lowest BCUT2D eigenvalue weighted by atomic mass is 9.79. The summed E-state index contributed by atoms with van der Waals surface area (Å²) in [6, 6.07) is 0. The number of hydrogen-bond acceptors (Lipinski definition) is 1. The highest BCUT2D eigenvalue weighted by molar-refractivity contribution is 5.88. The fourth-order valence-corrected chi connectivity index (χ4v) is 3.01. The van der Waals surface area contributed by atoms with E-state index in [-0.39, 0.29) is 5.91 Å². The van der Waals surface area contributed by atoms with Crippen molar-refractivity contribution in [3.8, 4) is 0 Å². The molecule has 0 radical (unpaired) electrons. The van der Waals surface area contributed by atoms with E-state index in [0.29, 0.717) is 5.41 Å². The molecule has 0 bridgehead atoms. The Morgan fingerprint density at radius 1 is 1.33 bits per heavy atom. The number of allylic oxidation sites excluding steroid dienone is 1. The number of likely N-dealkylation sites (N-methyl/N-ethyl adjacent to an activating group) is 1. The molecule has 0 aliphatic heterocycles. The zero-order valence-corrected chi connectivity index (χ0v) is 12.6. The van der Waals surface area contributed by atoms with Crippen LogP contribution in [-0.4, -0.2) is 23.9 Å². The van der Waals surface area contributed by atoms with E-state index in [0.717, 1.165) is 19.5 Å². The Labute approximate surface area is 112 Å². The van der Waals surface area contributed by atoms with E-state index in [1.807, 2.05) is 24.8 Å². The largest absolute Gasteiger partial charge is 0.340 e. The van der Waals surface area contributed by atoms with E-state index < -0.39 is 0 Å². The predicted octanol–water partition coefficient (Wildman–Crippen LogP) is 4.16. The van der Waals surface area contributed by atoms with Crippen molar-refractivity contribution in [3.05, 3.63) is 11.6 Å². The van der Waals surface area contributed by atoms with Crippen molar-refractivity contribution in [1.29, 1.82) is 0 Å². The quantitative estimate of drug-likeness (QED) is 0.649. The maximum absolute atomic E-state index is 12.2. The highest BCUT2D eigenvalue weighted by Gasteiger charge is 2.33. The van der Waals surface area contributed by atoms with Crippen LogP contribution in [0, 0.1) is 5.41 Å². The zero-order chi connectivity index (χ0) is 13.6. The summed E-state index contributed by atoms with van der Waals surface area (Å²) < 4.78 is 0. The van der Waals surface area contributed by atoms with Gasteiger partial charge in [-0.25, -0.2) is 0 Å². The molecule has 1 rings (SSSR count). The normalized spacial score (nSPS) is 25.7. The Morgan fingerprint density at radius 2 is 2.00 bits per heavy atom. The molecule has 0 aromatic heterocycles. The average Bonchev–Trinajstić information content (AvgIpc) is 2.70. The topological polar surface area (TPSA) is 20.3 Å². The number of amides is 1. The van der Waals surface area contributed by atoms with E-state index in [4.69, 9.17) is 0 Å². The molecule has 104 valence electrons. The Balaban J connectivity index is 2.76. The number of unbranched alkanes of at least 4 members (excludes halogenated alkanes) is 1. The van der Waals surface area contributed by atoms with Crippen LogP contribution in [0.1, 0.15) is 66.2 Å². The highest BCUT2D eigenvalue weighted by Crippen LogP contribution is 2.46. The fraction of sp³-hybridized carbons (Fsp3) is 0.812. The molecule has 0 aromatic carbocycles. The van der Waals surface area contributed by atoms with E-state index in [2.05, 4.69) is 13.8 Å². The third-order valence-corrected chi connectivity index (χ3v) is 4.40. The van der Waals surface area contributed by atoms with Crippen molar-refractivity contribution in [2.45, 2.75) is 66.2 Å². The zero-order valence-electron chi connectivity index (χ0n) is 12.6. The van der Waals surface area contributed by atoms with Gasteiger partial charge in [0.2, 0.25) is 5.91 Å². The maximum atomic E-state index is 12.2. The maximum Gasteiger partial charge on any atom is 0.246 e. The summed E-state index contributed by atoms with van der Waals surface area (Å²) in [7, 11) is 0. The van der Waals surface area contributed by atoms with Gasteiger partial charge in [-0.2, -0.15) is 0 Å². The molecule has 0 spiro atoms. The molecule has 0 heterocycles. The first-order chi connectivity index (χ1) is 8.57. The summed E-state index contributed by atoms with van der Waals surface area (Å²) in [5.74, 6) is 0.208. The van der Waals surface area contributed by atoms with Crippen LogP contribution < -0.4 is 0 Å². The van der Waals surface area contributed by atoms with Gasteiger partial charge in [-0.3, -0.25) is 4.79 Å². The van der Waals surface area contributed by atoms with Crippen LogP contribution in [0.4, 0.5) is 0 Å².